The number of hydrogen-bond donors (Lipinski definition) is 2. The van der Waals surface area contributed by atoms with E-state index in [4.69, 9.17) is 9.47 Å². The summed E-state index contributed by atoms with van der Waals surface area (Å²) in [4.78, 5) is 37.4. The van der Waals surface area contributed by atoms with Gasteiger partial charge in [-0.15, -0.1) is 0 Å². The predicted molar refractivity (Wildman–Crippen MR) is 145 cm³/mol. The Morgan fingerprint density at radius 1 is 0.838 bits per heavy atom. The van der Waals surface area contributed by atoms with E-state index in [-0.39, 0.29) is 18.1 Å². The van der Waals surface area contributed by atoms with Crippen LogP contribution < -0.4 is 20.1 Å². The number of carbonyl (C=O) groups excluding carboxylic acids is 3. The van der Waals surface area contributed by atoms with Crippen molar-refractivity contribution in [3.8, 4) is 11.5 Å². The van der Waals surface area contributed by atoms with Crippen LogP contribution in [-0.2, 0) is 16.0 Å². The van der Waals surface area contributed by atoms with Crippen LogP contribution in [0, 0.1) is 0 Å². The monoisotopic (exact) mass is 502 g/mol. The molecule has 0 aromatic heterocycles. The van der Waals surface area contributed by atoms with Gasteiger partial charge in [0.05, 0.1) is 19.1 Å². The molecule has 194 valence electrons. The van der Waals surface area contributed by atoms with E-state index in [0.717, 1.165) is 6.42 Å². The number of ether oxygens (including phenoxy) is 2. The Balaban J connectivity index is 1.47. The molecule has 0 spiro atoms. The molecule has 0 aliphatic carbocycles. The van der Waals surface area contributed by atoms with Crippen LogP contribution in [-0.4, -0.2) is 30.8 Å². The smallest absolute Gasteiger partial charge is 0.265 e. The average molecular weight is 503 g/mol. The average Bonchev–Trinajstić information content (AvgIpc) is 2.90. The Bertz CT molecular complexity index is 1190. The summed E-state index contributed by atoms with van der Waals surface area (Å²) >= 11 is 0. The minimum absolute atomic E-state index is 0.286. The maximum Gasteiger partial charge on any atom is 0.265 e. The van der Waals surface area contributed by atoms with Crippen LogP contribution in [0.3, 0.4) is 0 Å². The van der Waals surface area contributed by atoms with Gasteiger partial charge < -0.3 is 20.1 Å². The van der Waals surface area contributed by atoms with Crippen molar-refractivity contribution in [2.45, 2.75) is 52.1 Å². The van der Waals surface area contributed by atoms with Crippen LogP contribution in [0.15, 0.2) is 72.8 Å². The van der Waals surface area contributed by atoms with Gasteiger partial charge in [-0.25, -0.2) is 0 Å². The van der Waals surface area contributed by atoms with Gasteiger partial charge in [-0.2, -0.15) is 0 Å². The molecule has 3 aromatic rings. The van der Waals surface area contributed by atoms with Crippen molar-refractivity contribution in [2.24, 2.45) is 0 Å². The lowest BCUT2D eigenvalue weighted by Gasteiger charge is -2.15. The standard InChI is InChI=1S/C30H34N2O5/c1-4-5-6-9-22-12-18-25(19-13-22)37-21(2)30(35)32-24-16-14-23(15-17-24)31-29(34)20-27(33)26-10-7-8-11-28(26)36-3/h7-8,10-19,21H,4-6,9,20H2,1-3H3,(H,31,34)(H,32,35). The number of aryl methyl sites for hydroxylation is 1. The molecule has 0 fully saturated rings. The van der Waals surface area contributed by atoms with E-state index in [2.05, 4.69) is 17.6 Å². The predicted octanol–water partition coefficient (Wildman–Crippen LogP) is 6.05. The highest BCUT2D eigenvalue weighted by atomic mass is 16.5. The number of amides is 2. The van der Waals surface area contributed by atoms with Crippen molar-refractivity contribution in [3.63, 3.8) is 0 Å². The molecular weight excluding hydrogens is 468 g/mol. The van der Waals surface area contributed by atoms with Gasteiger partial charge in [-0.1, -0.05) is 44.0 Å². The molecule has 0 aliphatic heterocycles. The molecule has 0 bridgehead atoms. The van der Waals surface area contributed by atoms with Crippen LogP contribution in [0.1, 0.15) is 55.5 Å². The van der Waals surface area contributed by atoms with Crippen LogP contribution in [0.25, 0.3) is 0 Å². The van der Waals surface area contributed by atoms with Crippen LogP contribution in [0.5, 0.6) is 11.5 Å². The summed E-state index contributed by atoms with van der Waals surface area (Å²) in [7, 11) is 1.48. The van der Waals surface area contributed by atoms with Crippen LogP contribution in [0.2, 0.25) is 0 Å². The number of benzene rings is 3. The summed E-state index contributed by atoms with van der Waals surface area (Å²) in [6.07, 6.45) is 3.61. The third-order valence-corrected chi connectivity index (χ3v) is 5.84. The minimum atomic E-state index is -0.689. The number of para-hydroxylation sites is 1. The summed E-state index contributed by atoms with van der Waals surface area (Å²) in [6.45, 7) is 3.88. The molecule has 37 heavy (non-hydrogen) atoms. The molecule has 1 atom stereocenters. The molecule has 7 nitrogen and oxygen atoms in total. The molecule has 7 heteroatoms. The Labute approximate surface area is 218 Å². The summed E-state index contributed by atoms with van der Waals surface area (Å²) in [5, 5.41) is 5.51. The normalized spacial score (nSPS) is 11.3. The molecule has 3 aromatic carbocycles. The number of hydrogen-bond acceptors (Lipinski definition) is 5. The lowest BCUT2D eigenvalue weighted by Crippen LogP contribution is -2.30. The van der Waals surface area contributed by atoms with Gasteiger partial charge in [-0.05, 0) is 73.9 Å². The van der Waals surface area contributed by atoms with Gasteiger partial charge in [0.25, 0.3) is 5.91 Å². The molecule has 1 unspecified atom stereocenters. The van der Waals surface area contributed by atoms with Gasteiger partial charge >= 0.3 is 0 Å². The fourth-order valence-electron chi connectivity index (χ4n) is 3.77. The van der Waals surface area contributed by atoms with E-state index >= 15 is 0 Å². The van der Waals surface area contributed by atoms with Crippen molar-refractivity contribution in [3.05, 3.63) is 83.9 Å². The van der Waals surface area contributed by atoms with Crippen molar-refractivity contribution < 1.29 is 23.9 Å². The first-order chi connectivity index (χ1) is 17.9. The van der Waals surface area contributed by atoms with E-state index in [1.807, 2.05) is 24.3 Å². The van der Waals surface area contributed by atoms with Gasteiger partial charge in [0.1, 0.15) is 11.5 Å². The van der Waals surface area contributed by atoms with E-state index in [9.17, 15) is 14.4 Å². The summed E-state index contributed by atoms with van der Waals surface area (Å²) in [5.74, 6) is 0.0110. The van der Waals surface area contributed by atoms with E-state index < -0.39 is 12.0 Å². The fraction of sp³-hybridized carbons (Fsp3) is 0.300. The summed E-state index contributed by atoms with van der Waals surface area (Å²) < 4.78 is 11.0. The van der Waals surface area contributed by atoms with Gasteiger partial charge in [-0.3, -0.25) is 14.4 Å². The van der Waals surface area contributed by atoms with Crippen LogP contribution in [0.4, 0.5) is 11.4 Å². The molecule has 0 heterocycles. The fourth-order valence-corrected chi connectivity index (χ4v) is 3.77. The number of methoxy groups -OCH3 is 1. The summed E-state index contributed by atoms with van der Waals surface area (Å²) in [6, 6.07) is 21.3. The number of Topliss-reactive ketones (excluding diaryl/α,β-unsaturated/α-hetero) is 1. The zero-order chi connectivity index (χ0) is 26.6. The second-order valence-corrected chi connectivity index (χ2v) is 8.78. The maximum absolute atomic E-state index is 12.6. The number of carbonyl (C=O) groups is 3. The van der Waals surface area contributed by atoms with Crippen molar-refractivity contribution in [1.82, 2.24) is 0 Å². The van der Waals surface area contributed by atoms with E-state index in [1.54, 1.807) is 55.5 Å². The first-order valence-corrected chi connectivity index (χ1v) is 12.5. The lowest BCUT2D eigenvalue weighted by atomic mass is 10.1. The highest BCUT2D eigenvalue weighted by Gasteiger charge is 2.17. The molecule has 2 N–H and O–H groups in total. The SMILES string of the molecule is CCCCCc1ccc(OC(C)C(=O)Nc2ccc(NC(=O)CC(=O)c3ccccc3OC)cc2)cc1. The Morgan fingerprint density at radius 2 is 1.49 bits per heavy atom. The summed E-state index contributed by atoms with van der Waals surface area (Å²) in [5.41, 5.74) is 2.70. The minimum Gasteiger partial charge on any atom is -0.496 e. The Kier molecular flexibility index (Phi) is 10.3. The van der Waals surface area contributed by atoms with Crippen molar-refractivity contribution in [1.29, 1.82) is 0 Å². The van der Waals surface area contributed by atoms with Gasteiger partial charge in [0.2, 0.25) is 5.91 Å². The molecule has 0 radical (unpaired) electrons. The molecule has 0 aliphatic rings. The van der Waals surface area contributed by atoms with Crippen molar-refractivity contribution >= 4 is 29.0 Å². The third kappa shape index (κ3) is 8.49. The Morgan fingerprint density at radius 3 is 2.14 bits per heavy atom. The highest BCUT2D eigenvalue weighted by Crippen LogP contribution is 2.20. The van der Waals surface area contributed by atoms with Gasteiger partial charge in [0, 0.05) is 11.4 Å². The molecule has 3 rings (SSSR count). The third-order valence-electron chi connectivity index (χ3n) is 5.84. The van der Waals surface area contributed by atoms with Gasteiger partial charge in [0.15, 0.2) is 11.9 Å². The topological polar surface area (TPSA) is 93.7 Å². The quantitative estimate of drug-likeness (QED) is 0.169. The second-order valence-electron chi connectivity index (χ2n) is 8.78. The van der Waals surface area contributed by atoms with E-state index in [0.29, 0.717) is 28.4 Å². The van der Waals surface area contributed by atoms with E-state index in [1.165, 1.54) is 31.9 Å². The molecule has 0 saturated heterocycles. The molecular formula is C30H34N2O5. The number of unbranched alkanes of at least 4 members (excludes halogenated alkanes) is 2. The maximum atomic E-state index is 12.6. The number of rotatable bonds is 13. The molecule has 2 amide bonds. The highest BCUT2D eigenvalue weighted by molar-refractivity contribution is 6.12. The van der Waals surface area contributed by atoms with Crippen molar-refractivity contribution in [2.75, 3.05) is 17.7 Å². The number of nitrogens with one attached hydrogen (secondary N) is 2. The molecule has 0 saturated carbocycles. The number of ketones is 1. The zero-order valence-corrected chi connectivity index (χ0v) is 21.6. The second kappa shape index (κ2) is 13.8. The largest absolute Gasteiger partial charge is 0.496 e. The first-order valence-electron chi connectivity index (χ1n) is 12.5. The Hall–Kier alpha value is -4.13. The van der Waals surface area contributed by atoms with Crippen LogP contribution >= 0.6 is 0 Å². The lowest BCUT2D eigenvalue weighted by molar-refractivity contribution is -0.122. The zero-order valence-electron chi connectivity index (χ0n) is 21.6. The number of anilines is 2. The first kappa shape index (κ1) is 27.5.